The van der Waals surface area contributed by atoms with Gasteiger partial charge in [0.25, 0.3) is 0 Å². The van der Waals surface area contributed by atoms with Crippen molar-refractivity contribution < 1.29 is 0 Å². The second-order valence-corrected chi connectivity index (χ2v) is 5.77. The Hall–Kier alpha value is -1.02. The molecular weight excluding hydrogens is 208 g/mol. The van der Waals surface area contributed by atoms with Crippen LogP contribution in [-0.4, -0.2) is 24.0 Å². The Kier molecular flexibility index (Phi) is 3.43. The molecule has 0 amide bonds. The summed E-state index contributed by atoms with van der Waals surface area (Å²) in [5.74, 6) is 0. The van der Waals surface area contributed by atoms with Crippen LogP contribution in [0.15, 0.2) is 24.3 Å². The molecule has 2 N–H and O–H groups in total. The number of nitrogens with zero attached hydrogens (tertiary/aromatic N) is 1. The highest BCUT2D eigenvalue weighted by Gasteiger charge is 2.33. The summed E-state index contributed by atoms with van der Waals surface area (Å²) in [5.41, 5.74) is 8.26. The molecule has 1 heterocycles. The molecule has 0 spiro atoms. The van der Waals surface area contributed by atoms with Gasteiger partial charge >= 0.3 is 0 Å². The summed E-state index contributed by atoms with van der Waals surface area (Å²) in [7, 11) is 0. The van der Waals surface area contributed by atoms with Crippen molar-refractivity contribution in [2.24, 2.45) is 0 Å². The van der Waals surface area contributed by atoms with Crippen molar-refractivity contribution in [3.05, 3.63) is 29.8 Å². The lowest BCUT2D eigenvalue weighted by Crippen LogP contribution is -2.44. The van der Waals surface area contributed by atoms with E-state index in [0.29, 0.717) is 6.04 Å². The normalized spacial score (nSPS) is 19.5. The van der Waals surface area contributed by atoms with Crippen molar-refractivity contribution >= 4 is 5.69 Å². The minimum atomic E-state index is 0.152. The van der Waals surface area contributed by atoms with Crippen LogP contribution in [0.2, 0.25) is 0 Å². The lowest BCUT2D eigenvalue weighted by atomic mass is 9.77. The predicted octanol–water partition coefficient (Wildman–Crippen LogP) is 3.03. The van der Waals surface area contributed by atoms with E-state index in [2.05, 4.69) is 43.9 Å². The third-order valence-corrected chi connectivity index (χ3v) is 4.36. The van der Waals surface area contributed by atoms with Crippen molar-refractivity contribution in [1.82, 2.24) is 4.90 Å². The van der Waals surface area contributed by atoms with E-state index < -0.39 is 0 Å². The monoisotopic (exact) mass is 232 g/mol. The van der Waals surface area contributed by atoms with Gasteiger partial charge in [-0.25, -0.2) is 0 Å². The molecular formula is C15H24N2. The summed E-state index contributed by atoms with van der Waals surface area (Å²) < 4.78 is 0. The number of hydrogen-bond donors (Lipinski definition) is 1. The Labute approximate surface area is 105 Å². The molecule has 2 nitrogen and oxygen atoms in total. The highest BCUT2D eigenvalue weighted by molar-refractivity contribution is 5.43. The first kappa shape index (κ1) is 12.4. The molecule has 1 fully saturated rings. The first-order valence-corrected chi connectivity index (χ1v) is 6.62. The Balaban J connectivity index is 2.22. The zero-order chi connectivity index (χ0) is 12.5. The van der Waals surface area contributed by atoms with Crippen molar-refractivity contribution in [2.45, 2.75) is 45.1 Å². The van der Waals surface area contributed by atoms with Gasteiger partial charge in [-0.2, -0.15) is 0 Å². The number of hydrogen-bond acceptors (Lipinski definition) is 2. The van der Waals surface area contributed by atoms with Gasteiger partial charge in [-0.05, 0) is 50.6 Å². The molecule has 0 aliphatic carbocycles. The van der Waals surface area contributed by atoms with E-state index in [0.717, 1.165) is 5.69 Å². The number of likely N-dealkylation sites (tertiary alicyclic amines) is 1. The SMILES string of the molecule is CC(N1CCCC1)C(C)(C)c1cccc(N)c1. The maximum Gasteiger partial charge on any atom is 0.0316 e. The van der Waals surface area contributed by atoms with Crippen LogP contribution in [-0.2, 0) is 5.41 Å². The molecule has 2 rings (SSSR count). The van der Waals surface area contributed by atoms with Crippen LogP contribution in [0, 0.1) is 0 Å². The van der Waals surface area contributed by atoms with Gasteiger partial charge in [0.15, 0.2) is 0 Å². The zero-order valence-corrected chi connectivity index (χ0v) is 11.2. The maximum absolute atomic E-state index is 5.90. The Morgan fingerprint density at radius 2 is 1.88 bits per heavy atom. The lowest BCUT2D eigenvalue weighted by Gasteiger charge is -2.38. The molecule has 0 saturated carbocycles. The van der Waals surface area contributed by atoms with E-state index in [1.165, 1.54) is 31.5 Å². The molecule has 0 bridgehead atoms. The molecule has 17 heavy (non-hydrogen) atoms. The van der Waals surface area contributed by atoms with Crippen molar-refractivity contribution in [3.63, 3.8) is 0 Å². The Morgan fingerprint density at radius 1 is 1.24 bits per heavy atom. The first-order valence-electron chi connectivity index (χ1n) is 6.62. The third kappa shape index (κ3) is 2.47. The van der Waals surface area contributed by atoms with E-state index in [9.17, 15) is 0 Å². The molecule has 1 aliphatic rings. The van der Waals surface area contributed by atoms with Gasteiger partial charge < -0.3 is 5.73 Å². The fourth-order valence-electron chi connectivity index (χ4n) is 2.77. The topological polar surface area (TPSA) is 29.3 Å². The summed E-state index contributed by atoms with van der Waals surface area (Å²) in [6.07, 6.45) is 2.69. The minimum Gasteiger partial charge on any atom is -0.399 e. The van der Waals surface area contributed by atoms with E-state index in [4.69, 9.17) is 5.73 Å². The van der Waals surface area contributed by atoms with Crippen molar-refractivity contribution in [3.8, 4) is 0 Å². The highest BCUT2D eigenvalue weighted by Crippen LogP contribution is 2.32. The minimum absolute atomic E-state index is 0.152. The fourth-order valence-corrected chi connectivity index (χ4v) is 2.77. The average Bonchev–Trinajstić information content (AvgIpc) is 2.81. The summed E-state index contributed by atoms with van der Waals surface area (Å²) >= 11 is 0. The molecule has 1 aliphatic heterocycles. The maximum atomic E-state index is 5.90. The van der Waals surface area contributed by atoms with Crippen molar-refractivity contribution in [1.29, 1.82) is 0 Å². The molecule has 0 aromatic heterocycles. The van der Waals surface area contributed by atoms with E-state index >= 15 is 0 Å². The molecule has 94 valence electrons. The second-order valence-electron chi connectivity index (χ2n) is 5.77. The number of anilines is 1. The lowest BCUT2D eigenvalue weighted by molar-refractivity contribution is 0.180. The predicted molar refractivity (Wildman–Crippen MR) is 74.1 cm³/mol. The van der Waals surface area contributed by atoms with Gasteiger partial charge in [-0.3, -0.25) is 4.90 Å². The second kappa shape index (κ2) is 4.69. The van der Waals surface area contributed by atoms with Gasteiger partial charge in [0.2, 0.25) is 0 Å². The number of nitrogens with two attached hydrogens (primary N) is 1. The molecule has 1 unspecified atom stereocenters. The van der Waals surface area contributed by atoms with E-state index in [1.54, 1.807) is 0 Å². The Morgan fingerprint density at radius 3 is 2.47 bits per heavy atom. The van der Waals surface area contributed by atoms with Crippen LogP contribution in [0.1, 0.15) is 39.2 Å². The van der Waals surface area contributed by atoms with Crippen LogP contribution >= 0.6 is 0 Å². The fraction of sp³-hybridized carbons (Fsp3) is 0.600. The van der Waals surface area contributed by atoms with Gasteiger partial charge in [-0.1, -0.05) is 26.0 Å². The molecule has 1 atom stereocenters. The summed E-state index contributed by atoms with van der Waals surface area (Å²) in [5, 5.41) is 0. The summed E-state index contributed by atoms with van der Waals surface area (Å²) in [4.78, 5) is 2.60. The number of nitrogen functional groups attached to an aromatic ring is 1. The van der Waals surface area contributed by atoms with Gasteiger partial charge in [0.1, 0.15) is 0 Å². The van der Waals surface area contributed by atoms with Gasteiger partial charge in [-0.15, -0.1) is 0 Å². The Bertz CT molecular complexity index is 378. The van der Waals surface area contributed by atoms with Gasteiger partial charge in [0.05, 0.1) is 0 Å². The standard InChI is InChI=1S/C15H24N2/c1-12(17-9-4-5-10-17)15(2,3)13-7-6-8-14(16)11-13/h6-8,11-12H,4-5,9-10,16H2,1-3H3. The van der Waals surface area contributed by atoms with E-state index in [-0.39, 0.29) is 5.41 Å². The highest BCUT2D eigenvalue weighted by atomic mass is 15.2. The third-order valence-electron chi connectivity index (χ3n) is 4.36. The smallest absolute Gasteiger partial charge is 0.0316 e. The molecule has 2 heteroatoms. The van der Waals surface area contributed by atoms with Crippen LogP contribution in [0.3, 0.4) is 0 Å². The largest absolute Gasteiger partial charge is 0.399 e. The molecule has 1 saturated heterocycles. The van der Waals surface area contributed by atoms with Crippen LogP contribution in [0.4, 0.5) is 5.69 Å². The quantitative estimate of drug-likeness (QED) is 0.812. The number of benzene rings is 1. The average molecular weight is 232 g/mol. The van der Waals surface area contributed by atoms with E-state index in [1.807, 2.05) is 6.07 Å². The van der Waals surface area contributed by atoms with Gasteiger partial charge in [0, 0.05) is 17.1 Å². The number of rotatable bonds is 3. The molecule has 0 radical (unpaired) electrons. The zero-order valence-electron chi connectivity index (χ0n) is 11.2. The summed E-state index contributed by atoms with van der Waals surface area (Å²) in [6, 6.07) is 8.89. The van der Waals surface area contributed by atoms with Crippen LogP contribution in [0.5, 0.6) is 0 Å². The first-order chi connectivity index (χ1) is 8.01. The van der Waals surface area contributed by atoms with Crippen LogP contribution in [0.25, 0.3) is 0 Å². The molecule has 1 aromatic carbocycles. The van der Waals surface area contributed by atoms with Crippen LogP contribution < -0.4 is 5.73 Å². The summed E-state index contributed by atoms with van der Waals surface area (Å²) in [6.45, 7) is 9.48. The van der Waals surface area contributed by atoms with Crippen molar-refractivity contribution in [2.75, 3.05) is 18.8 Å². The molecule has 1 aromatic rings.